The molecule has 0 bridgehead atoms. The van der Waals surface area contributed by atoms with Crippen molar-refractivity contribution >= 4 is 35.0 Å². The molecule has 11 heteroatoms. The minimum Gasteiger partial charge on any atom is -0.364 e. The monoisotopic (exact) mass is 523 g/mol. The summed E-state index contributed by atoms with van der Waals surface area (Å²) in [7, 11) is 2.09. The van der Waals surface area contributed by atoms with Gasteiger partial charge in [-0.2, -0.15) is 0 Å². The maximum atomic E-state index is 13.2. The van der Waals surface area contributed by atoms with Crippen LogP contribution in [-0.4, -0.2) is 82.9 Å². The quantitative estimate of drug-likeness (QED) is 0.416. The Labute approximate surface area is 220 Å². The number of carbonyl (C=O) groups is 3. The molecule has 194 valence electrons. The molecule has 1 aromatic heterocycles. The lowest BCUT2D eigenvalue weighted by Gasteiger charge is -2.36. The number of imidazole rings is 1. The molecule has 0 saturated carbocycles. The summed E-state index contributed by atoms with van der Waals surface area (Å²) in [5.74, 6) is -1.57. The third-order valence-electron chi connectivity index (χ3n) is 6.46. The number of anilines is 1. The van der Waals surface area contributed by atoms with Crippen LogP contribution in [0.25, 0.3) is 5.69 Å². The van der Waals surface area contributed by atoms with E-state index in [1.807, 2.05) is 0 Å². The number of carbonyl (C=O) groups excluding carboxylic acids is 3. The Hall–Kier alpha value is -3.73. The maximum absolute atomic E-state index is 13.2. The molecule has 1 saturated heterocycles. The molecule has 1 aliphatic heterocycles. The summed E-state index contributed by atoms with van der Waals surface area (Å²) in [6, 6.07) is 13.7. The van der Waals surface area contributed by atoms with Crippen molar-refractivity contribution in [1.29, 1.82) is 0 Å². The average Bonchev–Trinajstić information content (AvgIpc) is 3.34. The van der Waals surface area contributed by atoms with Gasteiger partial charge in [0.25, 0.3) is 17.7 Å². The summed E-state index contributed by atoms with van der Waals surface area (Å²) in [6.07, 6.45) is 1.39. The SMILES string of the molecule is CC(CNC(=O)c1c(C(N)=O)ncn1-c1ccc(NC(=O)c2ccccc2Cl)cc1)N1CCN(C)CC1. The number of nitrogens with zero attached hydrogens (tertiary/aromatic N) is 4. The maximum Gasteiger partial charge on any atom is 0.270 e. The molecular weight excluding hydrogens is 494 g/mol. The summed E-state index contributed by atoms with van der Waals surface area (Å²) in [5.41, 5.74) is 6.94. The molecule has 3 amide bonds. The first-order chi connectivity index (χ1) is 17.7. The number of hydrogen-bond acceptors (Lipinski definition) is 6. The summed E-state index contributed by atoms with van der Waals surface area (Å²) in [5, 5.41) is 6.08. The van der Waals surface area contributed by atoms with Crippen molar-refractivity contribution in [1.82, 2.24) is 24.7 Å². The van der Waals surface area contributed by atoms with Gasteiger partial charge >= 0.3 is 0 Å². The minimum atomic E-state index is -0.792. The molecular formula is C26H30ClN7O3. The predicted octanol–water partition coefficient (Wildman–Crippen LogP) is 2.24. The van der Waals surface area contributed by atoms with Gasteiger partial charge in [0.15, 0.2) is 5.69 Å². The number of aromatic nitrogens is 2. The Morgan fingerprint density at radius 3 is 2.35 bits per heavy atom. The third-order valence-corrected chi connectivity index (χ3v) is 6.79. The van der Waals surface area contributed by atoms with Crippen LogP contribution < -0.4 is 16.4 Å². The molecule has 37 heavy (non-hydrogen) atoms. The van der Waals surface area contributed by atoms with E-state index in [1.54, 1.807) is 48.5 Å². The van der Waals surface area contributed by atoms with Crippen molar-refractivity contribution in [2.75, 3.05) is 45.1 Å². The Kier molecular flexibility index (Phi) is 8.22. The van der Waals surface area contributed by atoms with Crippen molar-refractivity contribution in [3.63, 3.8) is 0 Å². The highest BCUT2D eigenvalue weighted by atomic mass is 35.5. The van der Waals surface area contributed by atoms with Crippen LogP contribution in [0.2, 0.25) is 5.02 Å². The van der Waals surface area contributed by atoms with Gasteiger partial charge in [0.2, 0.25) is 0 Å². The molecule has 0 spiro atoms. The average molecular weight is 524 g/mol. The number of likely N-dealkylation sites (N-methyl/N-ethyl adjacent to an activating group) is 1. The minimum absolute atomic E-state index is 0.0610. The topological polar surface area (TPSA) is 126 Å². The highest BCUT2D eigenvalue weighted by Crippen LogP contribution is 2.20. The first-order valence-corrected chi connectivity index (χ1v) is 12.4. The van der Waals surface area contributed by atoms with Gasteiger partial charge in [-0.25, -0.2) is 4.98 Å². The lowest BCUT2D eigenvalue weighted by Crippen LogP contribution is -2.51. The van der Waals surface area contributed by atoms with E-state index in [4.69, 9.17) is 17.3 Å². The van der Waals surface area contributed by atoms with E-state index < -0.39 is 11.8 Å². The fourth-order valence-corrected chi connectivity index (χ4v) is 4.43. The second kappa shape index (κ2) is 11.5. The number of hydrogen-bond donors (Lipinski definition) is 3. The standard InChI is InChI=1S/C26H30ClN7O3/c1-17(33-13-11-32(2)12-14-33)15-29-26(37)23-22(24(28)35)30-16-34(23)19-9-7-18(8-10-19)31-25(36)20-5-3-4-6-21(20)27/h3-10,16-17H,11-15H2,1-2H3,(H2,28,35)(H,29,37)(H,31,36). The molecule has 1 unspecified atom stereocenters. The van der Waals surface area contributed by atoms with Gasteiger partial charge in [-0.1, -0.05) is 23.7 Å². The zero-order chi connectivity index (χ0) is 26.5. The number of rotatable bonds is 8. The number of benzene rings is 2. The van der Waals surface area contributed by atoms with E-state index in [0.29, 0.717) is 28.5 Å². The van der Waals surface area contributed by atoms with Crippen molar-refractivity contribution in [3.05, 3.63) is 76.8 Å². The second-order valence-corrected chi connectivity index (χ2v) is 9.46. The number of piperazine rings is 1. The molecule has 1 fully saturated rings. The summed E-state index contributed by atoms with van der Waals surface area (Å²) in [6.45, 7) is 6.29. The summed E-state index contributed by atoms with van der Waals surface area (Å²) >= 11 is 6.11. The normalized spacial score (nSPS) is 15.2. The smallest absolute Gasteiger partial charge is 0.270 e. The molecule has 1 atom stereocenters. The van der Waals surface area contributed by atoms with Gasteiger partial charge in [0, 0.05) is 50.1 Å². The Morgan fingerprint density at radius 1 is 1.03 bits per heavy atom. The molecule has 2 aromatic carbocycles. The van der Waals surface area contributed by atoms with Crippen LogP contribution in [0.5, 0.6) is 0 Å². The highest BCUT2D eigenvalue weighted by molar-refractivity contribution is 6.34. The van der Waals surface area contributed by atoms with Gasteiger partial charge in [0.05, 0.1) is 10.6 Å². The largest absolute Gasteiger partial charge is 0.364 e. The molecule has 3 aromatic rings. The summed E-state index contributed by atoms with van der Waals surface area (Å²) < 4.78 is 1.51. The molecule has 4 rings (SSSR count). The van der Waals surface area contributed by atoms with E-state index in [2.05, 4.69) is 39.4 Å². The van der Waals surface area contributed by atoms with Crippen LogP contribution in [0.15, 0.2) is 54.9 Å². The molecule has 10 nitrogen and oxygen atoms in total. The van der Waals surface area contributed by atoms with Crippen LogP contribution in [-0.2, 0) is 0 Å². The van der Waals surface area contributed by atoms with Crippen LogP contribution >= 0.6 is 11.6 Å². The first-order valence-electron chi connectivity index (χ1n) is 12.0. The van der Waals surface area contributed by atoms with Crippen LogP contribution in [0.4, 0.5) is 5.69 Å². The van der Waals surface area contributed by atoms with Crippen LogP contribution in [0, 0.1) is 0 Å². The van der Waals surface area contributed by atoms with E-state index in [0.717, 1.165) is 26.2 Å². The third kappa shape index (κ3) is 6.16. The number of amides is 3. The van der Waals surface area contributed by atoms with Crippen LogP contribution in [0.1, 0.15) is 38.3 Å². The van der Waals surface area contributed by atoms with Gasteiger partial charge in [-0.3, -0.25) is 23.9 Å². The Balaban J connectivity index is 1.48. The number of halogens is 1. The van der Waals surface area contributed by atoms with E-state index in [-0.39, 0.29) is 23.3 Å². The second-order valence-electron chi connectivity index (χ2n) is 9.06. The van der Waals surface area contributed by atoms with Crippen LogP contribution in [0.3, 0.4) is 0 Å². The fraction of sp³-hybridized carbons (Fsp3) is 0.308. The zero-order valence-electron chi connectivity index (χ0n) is 20.8. The molecule has 0 aliphatic carbocycles. The van der Waals surface area contributed by atoms with Gasteiger partial charge in [0.1, 0.15) is 12.0 Å². The van der Waals surface area contributed by atoms with Crippen molar-refractivity contribution in [2.45, 2.75) is 13.0 Å². The van der Waals surface area contributed by atoms with Crippen molar-refractivity contribution < 1.29 is 14.4 Å². The number of nitrogens with two attached hydrogens (primary N) is 1. The Bertz CT molecular complexity index is 1280. The number of nitrogens with one attached hydrogen (secondary N) is 2. The highest BCUT2D eigenvalue weighted by Gasteiger charge is 2.25. The van der Waals surface area contributed by atoms with Gasteiger partial charge in [-0.05, 0) is 50.4 Å². The molecule has 4 N–H and O–H groups in total. The van der Waals surface area contributed by atoms with E-state index >= 15 is 0 Å². The van der Waals surface area contributed by atoms with E-state index in [9.17, 15) is 14.4 Å². The number of primary amides is 1. The molecule has 0 radical (unpaired) electrons. The lowest BCUT2D eigenvalue weighted by molar-refractivity contribution is 0.0887. The molecule has 1 aliphatic rings. The van der Waals surface area contributed by atoms with E-state index in [1.165, 1.54) is 10.9 Å². The zero-order valence-corrected chi connectivity index (χ0v) is 21.5. The van der Waals surface area contributed by atoms with Gasteiger partial charge < -0.3 is 21.3 Å². The Morgan fingerprint density at radius 2 is 1.70 bits per heavy atom. The summed E-state index contributed by atoms with van der Waals surface area (Å²) in [4.78, 5) is 46.4. The van der Waals surface area contributed by atoms with Gasteiger partial charge in [-0.15, -0.1) is 0 Å². The van der Waals surface area contributed by atoms with Crippen molar-refractivity contribution in [3.8, 4) is 5.69 Å². The lowest BCUT2D eigenvalue weighted by atomic mass is 10.2. The first kappa shape index (κ1) is 26.3. The predicted molar refractivity (Wildman–Crippen MR) is 142 cm³/mol. The van der Waals surface area contributed by atoms with Crippen molar-refractivity contribution in [2.24, 2.45) is 5.73 Å². The molecule has 2 heterocycles. The fourth-order valence-electron chi connectivity index (χ4n) is 4.21.